The summed E-state index contributed by atoms with van der Waals surface area (Å²) in [5.41, 5.74) is 34.8. The highest BCUT2D eigenvalue weighted by molar-refractivity contribution is 6.17. The molecule has 0 bridgehead atoms. The molecular formula is C118H74N8O2. The molecular weight excluding hydrogens is 1560 g/mol. The van der Waals surface area contributed by atoms with Gasteiger partial charge in [-0.2, -0.15) is 0 Å². The molecule has 0 radical (unpaired) electrons. The van der Waals surface area contributed by atoms with Crippen molar-refractivity contribution in [3.63, 3.8) is 0 Å². The second-order valence-corrected chi connectivity index (χ2v) is 34.2. The third kappa shape index (κ3) is 11.0. The largest absolute Gasteiger partial charge is 0.456 e. The molecule has 27 rings (SSSR count). The summed E-state index contributed by atoms with van der Waals surface area (Å²) < 4.78 is 17.4. The minimum atomic E-state index is -0.484. The van der Waals surface area contributed by atoms with Gasteiger partial charge in [-0.15, -0.1) is 0 Å². The number of hydrogen-bond donors (Lipinski definition) is 0. The Kier molecular flexibility index (Phi) is 16.1. The van der Waals surface area contributed by atoms with Crippen LogP contribution >= 0.6 is 0 Å². The highest BCUT2D eigenvalue weighted by Crippen LogP contribution is 2.64. The Morgan fingerprint density at radius 2 is 0.539 bits per heavy atom. The third-order valence-electron chi connectivity index (χ3n) is 26.9. The Morgan fingerprint density at radius 3 is 1.05 bits per heavy atom. The number of rotatable bonds is 10. The highest BCUT2D eigenvalue weighted by atomic mass is 16.3. The normalized spacial score (nSPS) is 13.0. The fraction of sp³-hybridized carbons (Fsp3) is 0.0339. The van der Waals surface area contributed by atoms with Crippen molar-refractivity contribution in [2.45, 2.75) is 24.7 Å². The lowest BCUT2D eigenvalue weighted by molar-refractivity contribution is 0.660. The van der Waals surface area contributed by atoms with Gasteiger partial charge in [-0.3, -0.25) is 0 Å². The van der Waals surface area contributed by atoms with E-state index in [4.69, 9.17) is 38.7 Å². The van der Waals surface area contributed by atoms with E-state index in [2.05, 4.69) is 375 Å². The van der Waals surface area contributed by atoms with Gasteiger partial charge in [0.1, 0.15) is 22.3 Å². The van der Waals surface area contributed by atoms with Crippen molar-refractivity contribution >= 4 is 87.5 Å². The molecule has 18 aromatic carbocycles. The number of aromatic nitrogens is 8. The number of hydrogen-bond acceptors (Lipinski definition) is 8. The maximum Gasteiger partial charge on any atom is 0.164 e. The van der Waals surface area contributed by atoms with Gasteiger partial charge >= 0.3 is 0 Å². The summed E-state index contributed by atoms with van der Waals surface area (Å²) in [4.78, 5) is 31.6. The van der Waals surface area contributed by atoms with Crippen LogP contribution in [0.15, 0.2) is 421 Å². The first-order valence-corrected chi connectivity index (χ1v) is 43.6. The summed E-state index contributed by atoms with van der Waals surface area (Å²) in [6.07, 6.45) is 0. The monoisotopic (exact) mass is 1630 g/mol. The molecule has 0 amide bonds. The maximum atomic E-state index is 6.33. The van der Waals surface area contributed by atoms with Crippen LogP contribution in [0.3, 0.4) is 0 Å². The quantitative estimate of drug-likeness (QED) is 0.133. The molecule has 0 saturated carbocycles. The van der Waals surface area contributed by atoms with E-state index < -0.39 is 5.41 Å². The van der Waals surface area contributed by atoms with Crippen molar-refractivity contribution in [1.29, 1.82) is 0 Å². The molecule has 10 nitrogen and oxygen atoms in total. The van der Waals surface area contributed by atoms with E-state index in [1.807, 2.05) is 60.7 Å². The lowest BCUT2D eigenvalue weighted by atomic mass is 9.70. The van der Waals surface area contributed by atoms with Crippen LogP contribution in [0.2, 0.25) is 0 Å². The van der Waals surface area contributed by atoms with Gasteiger partial charge in [0, 0.05) is 93.3 Å². The predicted octanol–water partition coefficient (Wildman–Crippen LogP) is 29.7. The number of fused-ring (bicyclic) bond motifs is 25. The molecule has 0 saturated heterocycles. The van der Waals surface area contributed by atoms with Gasteiger partial charge in [0.25, 0.3) is 0 Å². The predicted molar refractivity (Wildman–Crippen MR) is 520 cm³/mol. The molecule has 128 heavy (non-hydrogen) atoms. The molecule has 3 aliphatic carbocycles. The van der Waals surface area contributed by atoms with E-state index in [9.17, 15) is 0 Å². The van der Waals surface area contributed by atoms with Crippen molar-refractivity contribution in [3.8, 4) is 135 Å². The van der Waals surface area contributed by atoms with E-state index >= 15 is 0 Å². The molecule has 24 aromatic rings. The molecule has 1 spiro atoms. The van der Waals surface area contributed by atoms with E-state index in [1.54, 1.807) is 0 Å². The zero-order chi connectivity index (χ0) is 84.5. The van der Waals surface area contributed by atoms with Crippen LogP contribution < -0.4 is 0 Å². The fourth-order valence-corrected chi connectivity index (χ4v) is 21.3. The smallest absolute Gasteiger partial charge is 0.164 e. The summed E-state index contributed by atoms with van der Waals surface area (Å²) in [5, 5.41) is 9.24. The van der Waals surface area contributed by atoms with Crippen molar-refractivity contribution < 1.29 is 8.83 Å². The maximum absolute atomic E-state index is 6.33. The standard InChI is InChI=1S/C64H38N4O.C54H36N4O/c1-2-17-39(18-3-1)61-65-62(67-63(66-61)50-27-15-31-54-59(50)48-24-6-11-30-53(48)64(54)51-28-9-4-21-44(51)45-22-5-10-29-52(45)64)41-19-14-20-42(37-41)68-55-32-12-7-23-46(55)47-36-35-40(38-56(47)68)43-26-16-34-58-60(43)49-25-8-13-33-57(49)69-58;1-54(2)44-22-9-6-18-39(44)40-28-27-36(31-45(40)54)53-56-51(33-14-4-3-5-15-33)55-52(57-53)35-16-12-17-37(30-35)58-46-23-10-7-19-41(46)42-29-26-34(32-47(42)58)38-21-13-25-49-50(38)43-20-8-11-24-48(43)59-49/h1-38H;3-32H,1-2H3. The SMILES string of the molecule is CC1(C)c2ccccc2-c2ccc(-c3nc(-c4ccccc4)nc(-c4cccc(-n5c6ccccc6c6ccc(-c7cccc8oc9ccccc9c78)cc65)c4)n3)cc21.c1ccc(-c2nc(-c3cccc(-n4c5ccccc5c5ccc(-c6cccc7oc8ccccc8c67)cc54)c3)nc(-c3cccc4c3-c3ccccc3C43c4ccccc4-c4ccccc43)n2)cc1. The Hall–Kier alpha value is -16.8. The fourth-order valence-electron chi connectivity index (χ4n) is 21.3. The molecule has 0 unspecified atom stereocenters. The third-order valence-corrected chi connectivity index (χ3v) is 26.9. The van der Waals surface area contributed by atoms with Crippen molar-refractivity contribution in [3.05, 3.63) is 446 Å². The van der Waals surface area contributed by atoms with Gasteiger partial charge in [0.05, 0.1) is 27.5 Å². The van der Waals surface area contributed by atoms with Crippen molar-refractivity contribution in [1.82, 2.24) is 39.0 Å². The lowest BCUT2D eigenvalue weighted by Gasteiger charge is -2.30. The average molecular weight is 1640 g/mol. The zero-order valence-corrected chi connectivity index (χ0v) is 69.7. The first kappa shape index (κ1) is 72.8. The summed E-state index contributed by atoms with van der Waals surface area (Å²) >= 11 is 0. The van der Waals surface area contributed by atoms with Gasteiger partial charge < -0.3 is 18.0 Å². The van der Waals surface area contributed by atoms with E-state index in [-0.39, 0.29) is 5.41 Å². The summed E-state index contributed by atoms with van der Waals surface area (Å²) in [7, 11) is 0. The topological polar surface area (TPSA) is 113 Å². The van der Waals surface area contributed by atoms with Crippen LogP contribution in [0.5, 0.6) is 0 Å². The highest BCUT2D eigenvalue weighted by Gasteiger charge is 2.52. The molecule has 0 fully saturated rings. The van der Waals surface area contributed by atoms with Crippen molar-refractivity contribution in [2.75, 3.05) is 0 Å². The van der Waals surface area contributed by atoms with Crippen LogP contribution in [-0.4, -0.2) is 39.0 Å². The van der Waals surface area contributed by atoms with E-state index in [0.29, 0.717) is 34.9 Å². The summed E-state index contributed by atoms with van der Waals surface area (Å²) in [6, 6.07) is 147. The second-order valence-electron chi connectivity index (χ2n) is 34.2. The van der Waals surface area contributed by atoms with Crippen LogP contribution in [0, 0.1) is 0 Å². The van der Waals surface area contributed by atoms with Gasteiger partial charge in [-0.1, -0.05) is 347 Å². The molecule has 6 heterocycles. The van der Waals surface area contributed by atoms with Crippen LogP contribution in [0.25, 0.3) is 223 Å². The first-order chi connectivity index (χ1) is 63.2. The number of furan rings is 2. The summed E-state index contributed by atoms with van der Waals surface area (Å²) in [5.74, 6) is 3.78. The zero-order valence-electron chi connectivity index (χ0n) is 69.7. The second kappa shape index (κ2) is 28.4. The lowest BCUT2D eigenvalue weighted by Crippen LogP contribution is -2.25. The van der Waals surface area contributed by atoms with Gasteiger partial charge in [-0.05, 0) is 168 Å². The molecule has 598 valence electrons. The van der Waals surface area contributed by atoms with Crippen LogP contribution in [0.1, 0.15) is 47.2 Å². The van der Waals surface area contributed by atoms with Crippen LogP contribution in [0.4, 0.5) is 0 Å². The van der Waals surface area contributed by atoms with E-state index in [0.717, 1.165) is 139 Å². The molecule has 0 atom stereocenters. The molecule has 0 aliphatic heterocycles. The number of nitrogens with zero attached hydrogens (tertiary/aromatic N) is 8. The molecule has 6 aromatic heterocycles. The Labute approximate surface area is 736 Å². The van der Waals surface area contributed by atoms with E-state index in [1.165, 1.54) is 82.7 Å². The number of para-hydroxylation sites is 4. The molecule has 10 heteroatoms. The van der Waals surface area contributed by atoms with Gasteiger partial charge in [-0.25, -0.2) is 29.9 Å². The Bertz CT molecular complexity index is 8720. The van der Waals surface area contributed by atoms with Gasteiger partial charge in [0.2, 0.25) is 0 Å². The summed E-state index contributed by atoms with van der Waals surface area (Å²) in [6.45, 7) is 4.61. The minimum absolute atomic E-state index is 0.143. The van der Waals surface area contributed by atoms with Gasteiger partial charge in [0.15, 0.2) is 34.9 Å². The average Bonchev–Trinajstić information content (AvgIpc) is 1.50. The number of benzene rings is 18. The Balaban J connectivity index is 0.000000137. The Morgan fingerprint density at radius 1 is 0.203 bits per heavy atom. The first-order valence-electron chi connectivity index (χ1n) is 43.6. The molecule has 3 aliphatic rings. The minimum Gasteiger partial charge on any atom is -0.456 e. The van der Waals surface area contributed by atoms with Crippen LogP contribution in [-0.2, 0) is 10.8 Å². The van der Waals surface area contributed by atoms with Crippen molar-refractivity contribution in [2.24, 2.45) is 0 Å². The molecule has 0 N–H and O–H groups in total.